The van der Waals surface area contributed by atoms with E-state index < -0.39 is 6.09 Å². The first-order valence-corrected chi connectivity index (χ1v) is 10.6. The topological polar surface area (TPSA) is 76.7 Å². The second-order valence-corrected chi connectivity index (χ2v) is 8.00. The highest BCUT2D eigenvalue weighted by molar-refractivity contribution is 6.34. The van der Waals surface area contributed by atoms with Crippen molar-refractivity contribution in [1.29, 1.82) is 0 Å². The molecule has 0 spiro atoms. The summed E-state index contributed by atoms with van der Waals surface area (Å²) in [5.41, 5.74) is 4.15. The van der Waals surface area contributed by atoms with Gasteiger partial charge in [-0.15, -0.1) is 0 Å². The van der Waals surface area contributed by atoms with Crippen LogP contribution in [0.2, 0.25) is 5.02 Å². The molecule has 5 rings (SSSR count). The van der Waals surface area contributed by atoms with Crippen molar-refractivity contribution < 1.29 is 19.1 Å². The summed E-state index contributed by atoms with van der Waals surface area (Å²) in [6.07, 6.45) is 1.78. The Labute approximate surface area is 189 Å². The van der Waals surface area contributed by atoms with Gasteiger partial charge in [0.25, 0.3) is 5.91 Å². The highest BCUT2D eigenvalue weighted by Crippen LogP contribution is 2.33. The number of anilines is 1. The van der Waals surface area contributed by atoms with Gasteiger partial charge in [0.05, 0.1) is 6.54 Å². The molecule has 0 aliphatic carbocycles. The Kier molecular flexibility index (Phi) is 5.29. The van der Waals surface area contributed by atoms with Gasteiger partial charge < -0.3 is 20.1 Å². The van der Waals surface area contributed by atoms with Crippen LogP contribution >= 0.6 is 11.6 Å². The highest BCUT2D eigenvalue weighted by atomic mass is 35.5. The number of ether oxygens (including phenoxy) is 2. The minimum Gasteiger partial charge on any atom is -0.457 e. The van der Waals surface area contributed by atoms with Gasteiger partial charge in [0.1, 0.15) is 17.6 Å². The maximum Gasteiger partial charge on any atom is 0.407 e. The van der Waals surface area contributed by atoms with Gasteiger partial charge in [-0.1, -0.05) is 48.0 Å². The number of alkyl carbamates (subject to hydrolysis) is 1. The summed E-state index contributed by atoms with van der Waals surface area (Å²) in [7, 11) is 0. The molecule has 6 nitrogen and oxygen atoms in total. The number of hydrogen-bond acceptors (Lipinski definition) is 4. The van der Waals surface area contributed by atoms with Crippen molar-refractivity contribution in [2.75, 3.05) is 11.9 Å². The molecule has 160 valence electrons. The second kappa shape index (κ2) is 8.40. The van der Waals surface area contributed by atoms with E-state index in [1.165, 1.54) is 0 Å². The molecule has 1 fully saturated rings. The van der Waals surface area contributed by atoms with Gasteiger partial charge in [0.2, 0.25) is 0 Å². The number of carbonyl (C=O) groups excluding carboxylic acids is 2. The fraction of sp³-hybridized carbons (Fsp3) is 0.120. The van der Waals surface area contributed by atoms with Gasteiger partial charge in [0.15, 0.2) is 0 Å². The second-order valence-electron chi connectivity index (χ2n) is 7.59. The fourth-order valence-electron chi connectivity index (χ4n) is 3.77. The number of carbonyl (C=O) groups is 2. The molecule has 1 saturated heterocycles. The summed E-state index contributed by atoms with van der Waals surface area (Å²) < 4.78 is 11.1. The van der Waals surface area contributed by atoms with Crippen LogP contribution in [-0.4, -0.2) is 24.6 Å². The van der Waals surface area contributed by atoms with Crippen molar-refractivity contribution in [2.45, 2.75) is 12.5 Å². The minimum atomic E-state index is -0.400. The number of rotatable bonds is 5. The van der Waals surface area contributed by atoms with Crippen LogP contribution in [0, 0.1) is 0 Å². The monoisotopic (exact) mass is 446 g/mol. The van der Waals surface area contributed by atoms with Crippen LogP contribution < -0.4 is 15.4 Å². The van der Waals surface area contributed by atoms with Crippen molar-refractivity contribution >= 4 is 40.9 Å². The van der Waals surface area contributed by atoms with Gasteiger partial charge in [-0.3, -0.25) is 4.79 Å². The number of amides is 2. The molecule has 1 atom stereocenters. The zero-order valence-corrected chi connectivity index (χ0v) is 17.7. The van der Waals surface area contributed by atoms with E-state index in [2.05, 4.69) is 10.6 Å². The number of halogens is 1. The fourth-order valence-corrected chi connectivity index (χ4v) is 4.01. The Bertz CT molecular complexity index is 1240. The molecule has 32 heavy (non-hydrogen) atoms. The number of cyclic esters (lactones) is 1. The molecular formula is C25H19ClN2O4. The van der Waals surface area contributed by atoms with Gasteiger partial charge in [-0.25, -0.2) is 4.79 Å². The lowest BCUT2D eigenvalue weighted by Gasteiger charge is -2.11. The quantitative estimate of drug-likeness (QED) is 0.523. The largest absolute Gasteiger partial charge is 0.457 e. The molecular weight excluding hydrogens is 428 g/mol. The minimum absolute atomic E-state index is 0.107. The molecule has 2 amide bonds. The molecule has 3 aromatic rings. The molecule has 1 unspecified atom stereocenters. The molecule has 3 aromatic carbocycles. The molecule has 0 bridgehead atoms. The third kappa shape index (κ3) is 4.18. The third-order valence-electron chi connectivity index (χ3n) is 5.36. The third-order valence-corrected chi connectivity index (χ3v) is 5.71. The van der Waals surface area contributed by atoms with Crippen molar-refractivity contribution in [3.8, 4) is 11.5 Å². The molecule has 7 heteroatoms. The molecule has 2 aliphatic heterocycles. The van der Waals surface area contributed by atoms with E-state index in [4.69, 9.17) is 21.1 Å². The molecule has 0 radical (unpaired) electrons. The summed E-state index contributed by atoms with van der Waals surface area (Å²) in [6, 6.07) is 20.6. The highest BCUT2D eigenvalue weighted by Gasteiger charge is 2.24. The van der Waals surface area contributed by atoms with E-state index >= 15 is 0 Å². The molecule has 2 heterocycles. The number of fused-ring (bicyclic) bond motifs is 1. The Hall–Kier alpha value is -3.77. The lowest BCUT2D eigenvalue weighted by molar-refractivity contribution is -0.110. The van der Waals surface area contributed by atoms with Gasteiger partial charge in [-0.2, -0.15) is 0 Å². The summed E-state index contributed by atoms with van der Waals surface area (Å²) in [6.45, 7) is 0.475. The van der Waals surface area contributed by atoms with Crippen LogP contribution in [0.5, 0.6) is 11.5 Å². The zero-order chi connectivity index (χ0) is 22.1. The smallest absolute Gasteiger partial charge is 0.407 e. The number of benzene rings is 3. The normalized spacial score (nSPS) is 18.2. The Morgan fingerprint density at radius 3 is 2.56 bits per heavy atom. The van der Waals surface area contributed by atoms with Gasteiger partial charge >= 0.3 is 6.09 Å². The average Bonchev–Trinajstić information content (AvgIpc) is 3.34. The lowest BCUT2D eigenvalue weighted by Crippen LogP contribution is -2.17. The van der Waals surface area contributed by atoms with Crippen molar-refractivity contribution in [3.63, 3.8) is 0 Å². The maximum absolute atomic E-state index is 12.3. The summed E-state index contributed by atoms with van der Waals surface area (Å²) in [5.74, 6) is 1.15. The zero-order valence-electron chi connectivity index (χ0n) is 16.9. The van der Waals surface area contributed by atoms with Crippen LogP contribution in [0.3, 0.4) is 0 Å². The maximum atomic E-state index is 12.3. The standard InChI is InChI=1S/C25H19ClN2O4/c26-22-13-18(10-7-16(22)12-19-14-27-25(30)32-19)31-17-8-5-15(6-9-17)11-21-20-3-1-2-4-23(20)28-24(21)29/h1-11,13,19H,12,14H2,(H,27,30)(H,28,29). The number of para-hydroxylation sites is 1. The summed E-state index contributed by atoms with van der Waals surface area (Å²) in [4.78, 5) is 23.5. The average molecular weight is 447 g/mol. The van der Waals surface area contributed by atoms with Crippen LogP contribution in [-0.2, 0) is 16.0 Å². The van der Waals surface area contributed by atoms with Crippen LogP contribution in [0.1, 0.15) is 16.7 Å². The molecule has 0 saturated carbocycles. The van der Waals surface area contributed by atoms with E-state index in [1.807, 2.05) is 66.7 Å². The van der Waals surface area contributed by atoms with E-state index in [1.54, 1.807) is 6.07 Å². The summed E-state index contributed by atoms with van der Waals surface area (Å²) in [5, 5.41) is 6.06. The first-order valence-electron chi connectivity index (χ1n) is 10.2. The van der Waals surface area contributed by atoms with Crippen molar-refractivity contribution in [3.05, 3.63) is 88.4 Å². The van der Waals surface area contributed by atoms with Crippen molar-refractivity contribution in [1.82, 2.24) is 5.32 Å². The Morgan fingerprint density at radius 2 is 1.81 bits per heavy atom. The van der Waals surface area contributed by atoms with E-state index in [0.29, 0.717) is 35.1 Å². The molecule has 2 N–H and O–H groups in total. The van der Waals surface area contributed by atoms with Crippen LogP contribution in [0.25, 0.3) is 11.6 Å². The summed E-state index contributed by atoms with van der Waals surface area (Å²) >= 11 is 6.40. The molecule has 2 aliphatic rings. The Balaban J connectivity index is 1.28. The van der Waals surface area contributed by atoms with E-state index in [0.717, 1.165) is 22.4 Å². The van der Waals surface area contributed by atoms with Crippen molar-refractivity contribution in [2.24, 2.45) is 0 Å². The van der Waals surface area contributed by atoms with E-state index in [-0.39, 0.29) is 12.0 Å². The van der Waals surface area contributed by atoms with Gasteiger partial charge in [-0.05, 0) is 47.5 Å². The van der Waals surface area contributed by atoms with Crippen LogP contribution in [0.4, 0.5) is 10.5 Å². The van der Waals surface area contributed by atoms with E-state index in [9.17, 15) is 9.59 Å². The SMILES string of the molecule is O=C1NCC(Cc2ccc(Oc3ccc(C=C4C(=O)Nc5ccccc54)cc3)cc2Cl)O1. The predicted molar refractivity (Wildman–Crippen MR) is 123 cm³/mol. The first-order chi connectivity index (χ1) is 15.5. The van der Waals surface area contributed by atoms with Gasteiger partial charge in [0, 0.05) is 28.3 Å². The Morgan fingerprint density at radius 1 is 1.03 bits per heavy atom. The van der Waals surface area contributed by atoms with Crippen LogP contribution in [0.15, 0.2) is 66.7 Å². The lowest BCUT2D eigenvalue weighted by atomic mass is 10.0. The first kappa shape index (κ1) is 20.2. The number of hydrogen-bond donors (Lipinski definition) is 2. The number of nitrogens with one attached hydrogen (secondary N) is 2. The molecule has 0 aromatic heterocycles. The predicted octanol–water partition coefficient (Wildman–Crippen LogP) is 5.28.